The number of hydrogen-bond acceptors (Lipinski definition) is 4. The predicted molar refractivity (Wildman–Crippen MR) is 116 cm³/mol. The fourth-order valence-electron chi connectivity index (χ4n) is 3.19. The van der Waals surface area contributed by atoms with Gasteiger partial charge >= 0.3 is 6.03 Å². The highest BCUT2D eigenvalue weighted by Crippen LogP contribution is 2.39. The minimum atomic E-state index is -0.127. The van der Waals surface area contributed by atoms with Crippen molar-refractivity contribution in [1.29, 1.82) is 0 Å². The highest BCUT2D eigenvalue weighted by Gasteiger charge is 2.31. The van der Waals surface area contributed by atoms with E-state index in [9.17, 15) is 4.79 Å². The summed E-state index contributed by atoms with van der Waals surface area (Å²) in [6.45, 7) is 7.32. The van der Waals surface area contributed by atoms with Crippen LogP contribution in [0.3, 0.4) is 0 Å². The number of nitrogens with one attached hydrogen (secondary N) is 1. The van der Waals surface area contributed by atoms with E-state index >= 15 is 0 Å². The van der Waals surface area contributed by atoms with Gasteiger partial charge in [-0.15, -0.1) is 11.8 Å². The SMILES string of the molecule is COc1ccc(NC(=O)N2CCS[C@@H]2c2ccc(C(C)(C)C)cc2)c(OC)c1. The zero-order chi connectivity index (χ0) is 20.3. The molecular formula is C22H28N2O3S. The molecule has 0 aliphatic carbocycles. The lowest BCUT2D eigenvalue weighted by molar-refractivity contribution is 0.214. The molecule has 1 fully saturated rings. The van der Waals surface area contributed by atoms with E-state index in [2.05, 4.69) is 50.4 Å². The number of rotatable bonds is 4. The van der Waals surface area contributed by atoms with Gasteiger partial charge in [0, 0.05) is 18.4 Å². The number of thioether (sulfide) groups is 1. The van der Waals surface area contributed by atoms with Crippen LogP contribution < -0.4 is 14.8 Å². The van der Waals surface area contributed by atoms with Crippen LogP contribution in [0.2, 0.25) is 0 Å². The number of ether oxygens (including phenoxy) is 2. The fourth-order valence-corrected chi connectivity index (χ4v) is 4.45. The molecule has 0 saturated carbocycles. The Morgan fingerprint density at radius 2 is 1.82 bits per heavy atom. The van der Waals surface area contributed by atoms with Crippen LogP contribution in [0, 0.1) is 0 Å². The molecule has 0 bridgehead atoms. The maximum absolute atomic E-state index is 13.0. The maximum Gasteiger partial charge on any atom is 0.323 e. The van der Waals surface area contributed by atoms with Crippen LogP contribution in [0.4, 0.5) is 10.5 Å². The Morgan fingerprint density at radius 3 is 2.43 bits per heavy atom. The molecule has 0 spiro atoms. The van der Waals surface area contributed by atoms with Gasteiger partial charge in [0.25, 0.3) is 0 Å². The lowest BCUT2D eigenvalue weighted by atomic mass is 9.87. The molecule has 2 amide bonds. The van der Waals surface area contributed by atoms with Crippen molar-refractivity contribution in [3.05, 3.63) is 53.6 Å². The molecule has 2 aromatic rings. The number of methoxy groups -OCH3 is 2. The second-order valence-corrected chi connectivity index (χ2v) is 8.97. The van der Waals surface area contributed by atoms with E-state index in [-0.39, 0.29) is 16.8 Å². The molecule has 3 rings (SSSR count). The topological polar surface area (TPSA) is 50.8 Å². The number of benzene rings is 2. The minimum Gasteiger partial charge on any atom is -0.497 e. The summed E-state index contributed by atoms with van der Waals surface area (Å²) in [6.07, 6.45) is 0. The summed E-state index contributed by atoms with van der Waals surface area (Å²) in [7, 11) is 3.18. The lowest BCUT2D eigenvalue weighted by Gasteiger charge is -2.26. The molecule has 0 radical (unpaired) electrons. The first kappa shape index (κ1) is 20.4. The summed E-state index contributed by atoms with van der Waals surface area (Å²) < 4.78 is 10.6. The van der Waals surface area contributed by atoms with Crippen LogP contribution >= 0.6 is 11.8 Å². The van der Waals surface area contributed by atoms with Gasteiger partial charge in [0.2, 0.25) is 0 Å². The molecule has 2 aromatic carbocycles. The van der Waals surface area contributed by atoms with Gasteiger partial charge in [-0.25, -0.2) is 4.79 Å². The second-order valence-electron chi connectivity index (χ2n) is 7.78. The van der Waals surface area contributed by atoms with Gasteiger partial charge in [-0.1, -0.05) is 45.0 Å². The Kier molecular flexibility index (Phi) is 6.08. The van der Waals surface area contributed by atoms with Crippen molar-refractivity contribution >= 4 is 23.5 Å². The van der Waals surface area contributed by atoms with E-state index in [1.807, 2.05) is 4.90 Å². The third-order valence-electron chi connectivity index (χ3n) is 4.86. The first-order valence-corrected chi connectivity index (χ1v) is 10.4. The average molecular weight is 401 g/mol. The van der Waals surface area contributed by atoms with Crippen molar-refractivity contribution in [2.24, 2.45) is 0 Å². The smallest absolute Gasteiger partial charge is 0.323 e. The summed E-state index contributed by atoms with van der Waals surface area (Å²) in [4.78, 5) is 14.8. The van der Waals surface area contributed by atoms with Crippen molar-refractivity contribution < 1.29 is 14.3 Å². The van der Waals surface area contributed by atoms with Crippen LogP contribution in [0.25, 0.3) is 0 Å². The molecule has 5 nitrogen and oxygen atoms in total. The van der Waals surface area contributed by atoms with Gasteiger partial charge in [0.1, 0.15) is 16.9 Å². The molecular weight excluding hydrogens is 372 g/mol. The Hall–Kier alpha value is -2.34. The summed E-state index contributed by atoms with van der Waals surface area (Å²) in [5.74, 6) is 2.17. The van der Waals surface area contributed by atoms with Gasteiger partial charge in [-0.05, 0) is 28.7 Å². The van der Waals surface area contributed by atoms with Crippen molar-refractivity contribution in [2.75, 3.05) is 31.8 Å². The minimum absolute atomic E-state index is 0.0123. The molecule has 1 N–H and O–H groups in total. The Bertz CT molecular complexity index is 831. The molecule has 0 aromatic heterocycles. The van der Waals surface area contributed by atoms with Crippen LogP contribution in [-0.4, -0.2) is 37.4 Å². The molecule has 1 heterocycles. The molecule has 6 heteroatoms. The van der Waals surface area contributed by atoms with E-state index in [0.29, 0.717) is 23.7 Å². The van der Waals surface area contributed by atoms with Gasteiger partial charge in [-0.2, -0.15) is 0 Å². The quantitative estimate of drug-likeness (QED) is 0.758. The Morgan fingerprint density at radius 1 is 1.11 bits per heavy atom. The van der Waals surface area contributed by atoms with E-state index < -0.39 is 0 Å². The number of urea groups is 1. The number of amides is 2. The molecule has 1 atom stereocenters. The summed E-state index contributed by atoms with van der Waals surface area (Å²) in [5, 5.41) is 3.00. The zero-order valence-electron chi connectivity index (χ0n) is 17.1. The zero-order valence-corrected chi connectivity index (χ0v) is 17.9. The van der Waals surface area contributed by atoms with Crippen molar-refractivity contribution in [3.8, 4) is 11.5 Å². The van der Waals surface area contributed by atoms with Crippen molar-refractivity contribution in [2.45, 2.75) is 31.6 Å². The lowest BCUT2D eigenvalue weighted by Crippen LogP contribution is -2.34. The normalized spacial score (nSPS) is 16.8. The largest absolute Gasteiger partial charge is 0.497 e. The van der Waals surface area contributed by atoms with Crippen molar-refractivity contribution in [1.82, 2.24) is 4.90 Å². The molecule has 28 heavy (non-hydrogen) atoms. The van der Waals surface area contributed by atoms with E-state index in [0.717, 1.165) is 11.3 Å². The highest BCUT2D eigenvalue weighted by atomic mass is 32.2. The molecule has 150 valence electrons. The van der Waals surface area contributed by atoms with Crippen LogP contribution in [0.5, 0.6) is 11.5 Å². The average Bonchev–Trinajstić information content (AvgIpc) is 3.17. The van der Waals surface area contributed by atoms with Gasteiger partial charge in [0.05, 0.1) is 19.9 Å². The van der Waals surface area contributed by atoms with Gasteiger partial charge < -0.3 is 19.7 Å². The Labute approximate surface area is 171 Å². The first-order valence-electron chi connectivity index (χ1n) is 9.35. The standard InChI is InChI=1S/C22H28N2O3S/c1-22(2,3)16-8-6-15(7-9-16)20-24(12-13-28-20)21(25)23-18-11-10-17(26-4)14-19(18)27-5/h6-11,14,20H,12-13H2,1-5H3,(H,23,25)/t20-/m1/s1. The van der Waals surface area contributed by atoms with Crippen LogP contribution in [0.15, 0.2) is 42.5 Å². The molecule has 1 saturated heterocycles. The summed E-state index contributed by atoms with van der Waals surface area (Å²) >= 11 is 1.79. The number of carbonyl (C=O) groups is 1. The van der Waals surface area contributed by atoms with E-state index in [1.165, 1.54) is 5.56 Å². The maximum atomic E-state index is 13.0. The first-order chi connectivity index (χ1) is 13.3. The number of hydrogen-bond donors (Lipinski definition) is 1. The van der Waals surface area contributed by atoms with Gasteiger partial charge in [0.15, 0.2) is 0 Å². The number of anilines is 1. The third-order valence-corrected chi connectivity index (χ3v) is 6.12. The van der Waals surface area contributed by atoms with Crippen molar-refractivity contribution in [3.63, 3.8) is 0 Å². The van der Waals surface area contributed by atoms with Gasteiger partial charge in [-0.3, -0.25) is 0 Å². The highest BCUT2D eigenvalue weighted by molar-refractivity contribution is 7.99. The third kappa shape index (κ3) is 4.38. The molecule has 1 aliphatic rings. The molecule has 0 unspecified atom stereocenters. The summed E-state index contributed by atoms with van der Waals surface area (Å²) in [6, 6.07) is 13.8. The predicted octanol–water partition coefficient (Wildman–Crippen LogP) is 5.28. The number of nitrogens with zero attached hydrogens (tertiary/aromatic N) is 1. The second kappa shape index (κ2) is 8.35. The Balaban J connectivity index is 1.76. The van der Waals surface area contributed by atoms with Crippen LogP contribution in [-0.2, 0) is 5.41 Å². The summed E-state index contributed by atoms with van der Waals surface area (Å²) in [5.41, 5.74) is 3.18. The van der Waals surface area contributed by atoms with E-state index in [1.54, 1.807) is 44.2 Å². The fraction of sp³-hybridized carbons (Fsp3) is 0.409. The van der Waals surface area contributed by atoms with E-state index in [4.69, 9.17) is 9.47 Å². The monoisotopic (exact) mass is 400 g/mol. The van der Waals surface area contributed by atoms with Crippen LogP contribution in [0.1, 0.15) is 37.3 Å². The number of carbonyl (C=O) groups excluding carboxylic acids is 1. The molecule has 1 aliphatic heterocycles.